The number of rotatable bonds is 10. The van der Waals surface area contributed by atoms with Crippen molar-refractivity contribution in [2.75, 3.05) is 13.2 Å². The first kappa shape index (κ1) is 26.5. The van der Waals surface area contributed by atoms with Crippen molar-refractivity contribution >= 4 is 50.9 Å². The van der Waals surface area contributed by atoms with Crippen molar-refractivity contribution in [1.29, 1.82) is 0 Å². The molecule has 174 valence electrons. The van der Waals surface area contributed by atoms with E-state index in [1.165, 1.54) is 4.90 Å². The normalized spacial score (nSPS) is 11.9. The number of nitrogens with zero attached hydrogens (tertiary/aromatic N) is 1. The number of halogens is 3. The number of amides is 2. The van der Waals surface area contributed by atoms with E-state index in [2.05, 4.69) is 35.1 Å². The first-order chi connectivity index (χ1) is 15.1. The molecule has 2 aromatic carbocycles. The molecule has 8 heteroatoms. The van der Waals surface area contributed by atoms with E-state index in [-0.39, 0.29) is 25.0 Å². The molecule has 5 nitrogen and oxygen atoms in total. The van der Waals surface area contributed by atoms with Gasteiger partial charge in [0.1, 0.15) is 11.8 Å². The molecule has 32 heavy (non-hydrogen) atoms. The summed E-state index contributed by atoms with van der Waals surface area (Å²) in [6.07, 6.45) is 0.798. The second-order valence-corrected chi connectivity index (χ2v) is 9.49. The molecule has 0 aliphatic heterocycles. The molecule has 0 heterocycles. The summed E-state index contributed by atoms with van der Waals surface area (Å²) in [5.41, 5.74) is 1.74. The van der Waals surface area contributed by atoms with Crippen LogP contribution in [0, 0.1) is 0 Å². The molecule has 0 fully saturated rings. The van der Waals surface area contributed by atoms with E-state index in [1.54, 1.807) is 25.1 Å². The van der Waals surface area contributed by atoms with Crippen LogP contribution >= 0.6 is 39.1 Å². The third-order valence-electron chi connectivity index (χ3n) is 5.08. The fourth-order valence-electron chi connectivity index (χ4n) is 3.05. The molecule has 2 aromatic rings. The number of nitrogens with one attached hydrogen (secondary N) is 1. The van der Waals surface area contributed by atoms with E-state index < -0.39 is 6.04 Å². The van der Waals surface area contributed by atoms with Gasteiger partial charge in [-0.3, -0.25) is 9.59 Å². The molecule has 0 saturated carbocycles. The summed E-state index contributed by atoms with van der Waals surface area (Å²) < 4.78 is 6.56. The highest BCUT2D eigenvalue weighted by Crippen LogP contribution is 2.30. The molecule has 1 atom stereocenters. The first-order valence-electron chi connectivity index (χ1n) is 10.6. The third-order valence-corrected chi connectivity index (χ3v) is 6.41. The molecule has 2 amide bonds. The maximum Gasteiger partial charge on any atom is 0.261 e. The zero-order valence-electron chi connectivity index (χ0n) is 18.8. The summed E-state index contributed by atoms with van der Waals surface area (Å²) >= 11 is 16.1. The third kappa shape index (κ3) is 7.12. The fourth-order valence-corrected chi connectivity index (χ4v) is 4.08. The molecule has 0 bridgehead atoms. The fraction of sp³-hybridized carbons (Fsp3) is 0.417. The van der Waals surface area contributed by atoms with Crippen LogP contribution < -0.4 is 10.1 Å². The van der Waals surface area contributed by atoms with Crippen molar-refractivity contribution in [2.45, 2.75) is 52.6 Å². The zero-order chi connectivity index (χ0) is 23.8. The lowest BCUT2D eigenvalue weighted by Gasteiger charge is -2.29. The quantitative estimate of drug-likeness (QED) is 0.388. The Bertz CT molecular complexity index is 933. The van der Waals surface area contributed by atoms with Crippen molar-refractivity contribution in [3.8, 4) is 5.75 Å². The lowest BCUT2D eigenvalue weighted by molar-refractivity contribution is -0.142. The highest BCUT2D eigenvalue weighted by molar-refractivity contribution is 9.10. The number of benzene rings is 2. The zero-order valence-corrected chi connectivity index (χ0v) is 21.9. The van der Waals surface area contributed by atoms with Gasteiger partial charge in [-0.1, -0.05) is 56.1 Å². The Balaban J connectivity index is 2.22. The molecule has 0 saturated heterocycles. The minimum atomic E-state index is -0.725. The second-order valence-electron chi connectivity index (χ2n) is 7.82. The van der Waals surface area contributed by atoms with E-state index in [9.17, 15) is 9.59 Å². The Labute approximate surface area is 208 Å². The van der Waals surface area contributed by atoms with Crippen LogP contribution in [0.1, 0.15) is 51.2 Å². The highest BCUT2D eigenvalue weighted by Gasteiger charge is 2.27. The van der Waals surface area contributed by atoms with Gasteiger partial charge >= 0.3 is 0 Å². The lowest BCUT2D eigenvalue weighted by atomic mass is 10.0. The first-order valence-corrected chi connectivity index (χ1v) is 12.1. The van der Waals surface area contributed by atoms with Gasteiger partial charge in [-0.05, 0) is 65.0 Å². The molecule has 0 aromatic heterocycles. The van der Waals surface area contributed by atoms with Crippen LogP contribution in [0.3, 0.4) is 0 Å². The predicted octanol–water partition coefficient (Wildman–Crippen LogP) is 6.20. The van der Waals surface area contributed by atoms with Gasteiger partial charge in [-0.25, -0.2) is 0 Å². The van der Waals surface area contributed by atoms with Crippen LogP contribution in [0.15, 0.2) is 40.9 Å². The van der Waals surface area contributed by atoms with Gasteiger partial charge in [-0.2, -0.15) is 0 Å². The van der Waals surface area contributed by atoms with Gasteiger partial charge in [0, 0.05) is 28.7 Å². The molecular weight excluding hydrogens is 515 g/mol. The van der Waals surface area contributed by atoms with Crippen LogP contribution in [0.5, 0.6) is 5.75 Å². The van der Waals surface area contributed by atoms with Gasteiger partial charge in [-0.15, -0.1) is 0 Å². The topological polar surface area (TPSA) is 58.6 Å². The molecule has 2 rings (SSSR count). The van der Waals surface area contributed by atoms with Crippen LogP contribution in [-0.4, -0.2) is 35.9 Å². The summed E-state index contributed by atoms with van der Waals surface area (Å²) in [6.45, 7) is 8.25. The largest absolute Gasteiger partial charge is 0.483 e. The summed E-state index contributed by atoms with van der Waals surface area (Å²) in [4.78, 5) is 27.2. The number of carbonyl (C=O) groups excluding carboxylic acids is 2. The highest BCUT2D eigenvalue weighted by atomic mass is 79.9. The van der Waals surface area contributed by atoms with Crippen molar-refractivity contribution < 1.29 is 14.3 Å². The summed E-state index contributed by atoms with van der Waals surface area (Å²) in [5.74, 6) is 0.340. The van der Waals surface area contributed by atoms with E-state index in [4.69, 9.17) is 27.9 Å². The summed E-state index contributed by atoms with van der Waals surface area (Å²) in [6, 6.07) is 10.2. The van der Waals surface area contributed by atoms with Gasteiger partial charge < -0.3 is 15.0 Å². The molecule has 0 aliphatic rings. The van der Waals surface area contributed by atoms with Crippen LogP contribution in [-0.2, 0) is 16.1 Å². The summed E-state index contributed by atoms with van der Waals surface area (Å²) in [5, 5.41) is 3.70. The van der Waals surface area contributed by atoms with Gasteiger partial charge in [0.2, 0.25) is 5.91 Å². The van der Waals surface area contributed by atoms with Crippen molar-refractivity contribution in [3.05, 3.63) is 62.0 Å². The van der Waals surface area contributed by atoms with Crippen molar-refractivity contribution in [2.24, 2.45) is 0 Å². The van der Waals surface area contributed by atoms with E-state index in [0.29, 0.717) is 33.8 Å². The smallest absolute Gasteiger partial charge is 0.261 e. The predicted molar refractivity (Wildman–Crippen MR) is 134 cm³/mol. The molecule has 0 spiro atoms. The SMILES string of the molecule is CCCNC(=O)[C@@H](C)N(Cc1c(Cl)cccc1Cl)C(=O)COc1ccc(C(C)C)cc1Br. The lowest BCUT2D eigenvalue weighted by Crippen LogP contribution is -2.49. The number of hydrogen-bond acceptors (Lipinski definition) is 3. The van der Waals surface area contributed by atoms with Crippen LogP contribution in [0.4, 0.5) is 0 Å². The molecule has 0 aliphatic carbocycles. The molecule has 0 unspecified atom stereocenters. The Hall–Kier alpha value is -1.76. The number of hydrogen-bond donors (Lipinski definition) is 1. The monoisotopic (exact) mass is 542 g/mol. The molecular formula is C24H29BrCl2N2O3. The van der Waals surface area contributed by atoms with E-state index in [1.807, 2.05) is 25.1 Å². The van der Waals surface area contributed by atoms with E-state index >= 15 is 0 Å². The average molecular weight is 544 g/mol. The van der Waals surface area contributed by atoms with Gasteiger partial charge in [0.25, 0.3) is 5.91 Å². The minimum absolute atomic E-state index is 0.0921. The second kappa shape index (κ2) is 12.5. The van der Waals surface area contributed by atoms with Crippen LogP contribution in [0.25, 0.3) is 0 Å². The Kier molecular flexibility index (Phi) is 10.3. The maximum atomic E-state index is 13.2. The number of ether oxygens (including phenoxy) is 1. The number of carbonyl (C=O) groups is 2. The van der Waals surface area contributed by atoms with Gasteiger partial charge in [0.05, 0.1) is 4.47 Å². The Morgan fingerprint density at radius 3 is 2.34 bits per heavy atom. The van der Waals surface area contributed by atoms with Crippen molar-refractivity contribution in [1.82, 2.24) is 10.2 Å². The Morgan fingerprint density at radius 2 is 1.78 bits per heavy atom. The molecule has 0 radical (unpaired) electrons. The van der Waals surface area contributed by atoms with Crippen molar-refractivity contribution in [3.63, 3.8) is 0 Å². The minimum Gasteiger partial charge on any atom is -0.483 e. The maximum absolute atomic E-state index is 13.2. The average Bonchev–Trinajstić information content (AvgIpc) is 2.75. The van der Waals surface area contributed by atoms with Crippen LogP contribution in [0.2, 0.25) is 10.0 Å². The molecule has 1 N–H and O–H groups in total. The summed E-state index contributed by atoms with van der Waals surface area (Å²) in [7, 11) is 0. The Morgan fingerprint density at radius 1 is 1.12 bits per heavy atom. The van der Waals surface area contributed by atoms with Gasteiger partial charge in [0.15, 0.2) is 6.61 Å². The standard InChI is InChI=1S/C24H29BrCl2N2O3/c1-5-11-28-24(31)16(4)29(13-18-20(26)7-6-8-21(18)27)23(30)14-32-22-10-9-17(15(2)3)12-19(22)25/h6-10,12,15-16H,5,11,13-14H2,1-4H3,(H,28,31)/t16-/m1/s1. The van der Waals surface area contributed by atoms with E-state index in [0.717, 1.165) is 16.5 Å².